The molecular formula is C34H34N6O. The molecule has 1 fully saturated rings. The molecule has 7 heteroatoms. The van der Waals surface area contributed by atoms with E-state index in [9.17, 15) is 4.79 Å². The number of anilines is 1. The molecule has 5 aromatic rings. The van der Waals surface area contributed by atoms with Crippen LogP contribution in [0.15, 0.2) is 91.0 Å². The molecule has 7 nitrogen and oxygen atoms in total. The number of carbonyl (C=O) groups is 1. The van der Waals surface area contributed by atoms with E-state index in [1.54, 1.807) is 6.08 Å². The summed E-state index contributed by atoms with van der Waals surface area (Å²) in [5.74, 6) is 1.69. The monoisotopic (exact) mass is 542 g/mol. The molecule has 206 valence electrons. The van der Waals surface area contributed by atoms with Gasteiger partial charge in [0.15, 0.2) is 5.65 Å². The highest BCUT2D eigenvalue weighted by atomic mass is 16.2. The van der Waals surface area contributed by atoms with E-state index in [0.717, 1.165) is 52.6 Å². The SMILES string of the molecule is Cc1ccc(Cc2nc(N3CCCN(C(=O)/C=C/c4ccccc4)CC3)c3c(C)nn(-c4ccccc4)c3n2)cc1. The number of hydrogen-bond donors (Lipinski definition) is 0. The zero-order valence-corrected chi connectivity index (χ0v) is 23.6. The van der Waals surface area contributed by atoms with Crippen LogP contribution in [0.3, 0.4) is 0 Å². The molecule has 0 spiro atoms. The third kappa shape index (κ3) is 5.89. The van der Waals surface area contributed by atoms with Gasteiger partial charge in [0.2, 0.25) is 5.91 Å². The third-order valence-electron chi connectivity index (χ3n) is 7.54. The van der Waals surface area contributed by atoms with E-state index in [0.29, 0.717) is 26.1 Å². The summed E-state index contributed by atoms with van der Waals surface area (Å²) in [6, 6.07) is 28.6. The van der Waals surface area contributed by atoms with Gasteiger partial charge in [0.1, 0.15) is 11.6 Å². The summed E-state index contributed by atoms with van der Waals surface area (Å²) < 4.78 is 1.93. The van der Waals surface area contributed by atoms with Gasteiger partial charge in [-0.1, -0.05) is 78.4 Å². The minimum atomic E-state index is 0.0386. The fraction of sp³-hybridized carbons (Fsp3) is 0.235. The van der Waals surface area contributed by atoms with Gasteiger partial charge >= 0.3 is 0 Å². The number of fused-ring (bicyclic) bond motifs is 1. The molecule has 1 saturated heterocycles. The van der Waals surface area contributed by atoms with Crippen LogP contribution in [0.4, 0.5) is 5.82 Å². The van der Waals surface area contributed by atoms with Crippen molar-refractivity contribution in [1.82, 2.24) is 24.6 Å². The lowest BCUT2D eigenvalue weighted by molar-refractivity contribution is -0.125. The van der Waals surface area contributed by atoms with Crippen molar-refractivity contribution in [3.63, 3.8) is 0 Å². The summed E-state index contributed by atoms with van der Waals surface area (Å²) in [6.45, 7) is 6.95. The van der Waals surface area contributed by atoms with Crippen molar-refractivity contribution in [2.24, 2.45) is 0 Å². The zero-order chi connectivity index (χ0) is 28.2. The van der Waals surface area contributed by atoms with Gasteiger partial charge in [-0.15, -0.1) is 0 Å². The minimum Gasteiger partial charge on any atom is -0.354 e. The molecule has 0 atom stereocenters. The third-order valence-corrected chi connectivity index (χ3v) is 7.54. The first kappa shape index (κ1) is 26.4. The number of carbonyl (C=O) groups excluding carboxylic acids is 1. The predicted octanol–water partition coefficient (Wildman–Crippen LogP) is 5.78. The first-order valence-electron chi connectivity index (χ1n) is 14.2. The molecule has 0 radical (unpaired) electrons. The van der Waals surface area contributed by atoms with Crippen LogP contribution in [-0.4, -0.2) is 56.7 Å². The molecule has 0 N–H and O–H groups in total. The van der Waals surface area contributed by atoms with Gasteiger partial charge in [-0.05, 0) is 49.6 Å². The minimum absolute atomic E-state index is 0.0386. The summed E-state index contributed by atoms with van der Waals surface area (Å²) in [4.78, 5) is 27.5. The van der Waals surface area contributed by atoms with Crippen LogP contribution in [0.1, 0.15) is 34.6 Å². The average molecular weight is 543 g/mol. The second kappa shape index (κ2) is 11.8. The van der Waals surface area contributed by atoms with E-state index in [-0.39, 0.29) is 5.91 Å². The number of nitrogens with zero attached hydrogens (tertiary/aromatic N) is 6. The highest BCUT2D eigenvalue weighted by Gasteiger charge is 2.24. The number of aromatic nitrogens is 4. The highest BCUT2D eigenvalue weighted by Crippen LogP contribution is 2.30. The van der Waals surface area contributed by atoms with Crippen LogP contribution < -0.4 is 4.90 Å². The van der Waals surface area contributed by atoms with E-state index >= 15 is 0 Å². The van der Waals surface area contributed by atoms with Gasteiger partial charge in [0.05, 0.1) is 16.8 Å². The van der Waals surface area contributed by atoms with Crippen molar-refractivity contribution in [3.8, 4) is 5.69 Å². The van der Waals surface area contributed by atoms with Crippen molar-refractivity contribution in [3.05, 3.63) is 119 Å². The van der Waals surface area contributed by atoms with E-state index in [2.05, 4.69) is 36.1 Å². The Hall–Kier alpha value is -4.78. The number of benzene rings is 3. The topological polar surface area (TPSA) is 67.2 Å². The number of para-hydroxylation sites is 1. The normalized spacial score (nSPS) is 14.1. The average Bonchev–Trinajstić information content (AvgIpc) is 3.16. The van der Waals surface area contributed by atoms with Crippen LogP contribution >= 0.6 is 0 Å². The number of hydrogen-bond acceptors (Lipinski definition) is 5. The molecule has 1 aliphatic rings. The lowest BCUT2D eigenvalue weighted by Crippen LogP contribution is -2.34. The lowest BCUT2D eigenvalue weighted by atomic mass is 10.1. The summed E-state index contributed by atoms with van der Waals surface area (Å²) in [7, 11) is 0. The second-order valence-electron chi connectivity index (χ2n) is 10.6. The maximum absolute atomic E-state index is 13.1. The quantitative estimate of drug-likeness (QED) is 0.255. The molecule has 0 saturated carbocycles. The summed E-state index contributed by atoms with van der Waals surface area (Å²) in [6.07, 6.45) is 5.06. The molecule has 0 aliphatic carbocycles. The fourth-order valence-corrected chi connectivity index (χ4v) is 5.34. The van der Waals surface area contributed by atoms with Crippen LogP contribution in [0.5, 0.6) is 0 Å². The Kier molecular flexibility index (Phi) is 7.58. The molecule has 1 amide bonds. The van der Waals surface area contributed by atoms with Gasteiger partial charge in [0.25, 0.3) is 0 Å². The van der Waals surface area contributed by atoms with E-state index < -0.39 is 0 Å². The smallest absolute Gasteiger partial charge is 0.246 e. The van der Waals surface area contributed by atoms with Crippen LogP contribution in [0.2, 0.25) is 0 Å². The van der Waals surface area contributed by atoms with Crippen molar-refractivity contribution in [2.45, 2.75) is 26.7 Å². The lowest BCUT2D eigenvalue weighted by Gasteiger charge is -2.23. The molecule has 0 bridgehead atoms. The first-order valence-corrected chi connectivity index (χ1v) is 14.2. The van der Waals surface area contributed by atoms with Gasteiger partial charge < -0.3 is 9.80 Å². The molecule has 1 aliphatic heterocycles. The standard InChI is InChI=1S/C34H34N6O/c1-25-14-16-28(17-15-25)24-30-35-33(32-26(2)37-40(34(32)36-30)29-12-7-4-8-13-29)39-21-9-20-38(22-23-39)31(41)19-18-27-10-5-3-6-11-27/h3-8,10-19H,9,20-24H2,1-2H3/b19-18+. The summed E-state index contributed by atoms with van der Waals surface area (Å²) >= 11 is 0. The van der Waals surface area contributed by atoms with Crippen LogP contribution in [0, 0.1) is 13.8 Å². The van der Waals surface area contributed by atoms with E-state index in [4.69, 9.17) is 15.1 Å². The first-order chi connectivity index (χ1) is 20.0. The Labute approximate surface area is 240 Å². The Morgan fingerprint density at radius 1 is 0.829 bits per heavy atom. The Morgan fingerprint density at radius 3 is 2.32 bits per heavy atom. The Morgan fingerprint density at radius 2 is 1.56 bits per heavy atom. The van der Waals surface area contributed by atoms with Crippen LogP contribution in [0.25, 0.3) is 22.8 Å². The van der Waals surface area contributed by atoms with E-state index in [1.807, 2.05) is 83.2 Å². The molecule has 41 heavy (non-hydrogen) atoms. The molecule has 3 heterocycles. The molecule has 6 rings (SSSR count). The largest absolute Gasteiger partial charge is 0.354 e. The van der Waals surface area contributed by atoms with Gasteiger partial charge in [0, 0.05) is 38.7 Å². The summed E-state index contributed by atoms with van der Waals surface area (Å²) in [5.41, 5.74) is 6.08. The van der Waals surface area contributed by atoms with Crippen molar-refractivity contribution in [2.75, 3.05) is 31.1 Å². The number of rotatable bonds is 6. The highest BCUT2D eigenvalue weighted by molar-refractivity contribution is 5.92. The summed E-state index contributed by atoms with van der Waals surface area (Å²) in [5, 5.41) is 5.87. The number of amides is 1. The van der Waals surface area contributed by atoms with E-state index in [1.165, 1.54) is 11.1 Å². The molecule has 3 aromatic carbocycles. The van der Waals surface area contributed by atoms with Crippen molar-refractivity contribution in [1.29, 1.82) is 0 Å². The Bertz CT molecular complexity index is 1680. The predicted molar refractivity (Wildman–Crippen MR) is 164 cm³/mol. The van der Waals surface area contributed by atoms with Gasteiger partial charge in [-0.3, -0.25) is 4.79 Å². The molecule has 2 aromatic heterocycles. The zero-order valence-electron chi connectivity index (χ0n) is 23.6. The maximum atomic E-state index is 13.1. The van der Waals surface area contributed by atoms with Gasteiger partial charge in [-0.25, -0.2) is 14.6 Å². The molecular weight excluding hydrogens is 508 g/mol. The van der Waals surface area contributed by atoms with Crippen LogP contribution in [-0.2, 0) is 11.2 Å². The van der Waals surface area contributed by atoms with Gasteiger partial charge in [-0.2, -0.15) is 5.10 Å². The maximum Gasteiger partial charge on any atom is 0.246 e. The number of aryl methyl sites for hydroxylation is 2. The van der Waals surface area contributed by atoms with Crippen molar-refractivity contribution < 1.29 is 4.79 Å². The second-order valence-corrected chi connectivity index (χ2v) is 10.6. The molecule has 0 unspecified atom stereocenters. The van der Waals surface area contributed by atoms with Crippen molar-refractivity contribution >= 4 is 28.8 Å². The fourth-order valence-electron chi connectivity index (χ4n) is 5.34. The Balaban J connectivity index is 1.33.